The fraction of sp³-hybridized carbons (Fsp3) is 0.600. The lowest BCUT2D eigenvalue weighted by atomic mass is 9.94. The van der Waals surface area contributed by atoms with E-state index in [1.54, 1.807) is 12.9 Å². The van der Waals surface area contributed by atoms with Crippen molar-refractivity contribution < 1.29 is 19.1 Å². The summed E-state index contributed by atoms with van der Waals surface area (Å²) in [7, 11) is 0. The van der Waals surface area contributed by atoms with Gasteiger partial charge < -0.3 is 9.53 Å². The molecule has 0 amide bonds. The molecule has 82 valence electrons. The second kappa shape index (κ2) is 5.44. The third-order valence-corrected chi connectivity index (χ3v) is 2.38. The average Bonchev–Trinajstić information content (AvgIpc) is 2.62. The summed E-state index contributed by atoms with van der Waals surface area (Å²) in [6.45, 7) is 2.29. The molecule has 0 aliphatic carbocycles. The van der Waals surface area contributed by atoms with E-state index in [1.165, 1.54) is 0 Å². The second-order valence-electron chi connectivity index (χ2n) is 3.25. The standard InChI is InChI=1S/C10H13NO4/c1-2-15-10(14)9-8(3-4-12)7(6-13)5-11-9/h4,8-9,11H,2-3,5H2,1H3. The van der Waals surface area contributed by atoms with Crippen LogP contribution in [0.25, 0.3) is 0 Å². The number of carbonyl (C=O) groups excluding carboxylic acids is 3. The fourth-order valence-electron chi connectivity index (χ4n) is 1.67. The second-order valence-corrected chi connectivity index (χ2v) is 3.25. The molecule has 2 unspecified atom stereocenters. The molecule has 1 saturated heterocycles. The number of carbonyl (C=O) groups is 2. The monoisotopic (exact) mass is 211 g/mol. The first kappa shape index (κ1) is 11.6. The zero-order valence-electron chi connectivity index (χ0n) is 8.49. The molecule has 1 rings (SSSR count). The number of aldehydes is 1. The van der Waals surface area contributed by atoms with Crippen LogP contribution in [-0.4, -0.2) is 37.4 Å². The van der Waals surface area contributed by atoms with Crippen molar-refractivity contribution in [1.82, 2.24) is 5.32 Å². The minimum Gasteiger partial charge on any atom is -0.465 e. The smallest absolute Gasteiger partial charge is 0.323 e. The predicted molar refractivity (Wildman–Crippen MR) is 51.8 cm³/mol. The number of esters is 1. The number of ether oxygens (including phenoxy) is 1. The van der Waals surface area contributed by atoms with Gasteiger partial charge >= 0.3 is 5.97 Å². The fourth-order valence-corrected chi connectivity index (χ4v) is 1.67. The summed E-state index contributed by atoms with van der Waals surface area (Å²) >= 11 is 0. The summed E-state index contributed by atoms with van der Waals surface area (Å²) in [5.74, 6) is 0.938. The molecule has 1 N–H and O–H groups in total. The quantitative estimate of drug-likeness (QED) is 0.385. The van der Waals surface area contributed by atoms with Crippen molar-refractivity contribution in [2.24, 2.45) is 5.92 Å². The largest absolute Gasteiger partial charge is 0.465 e. The summed E-state index contributed by atoms with van der Waals surface area (Å²) < 4.78 is 4.83. The molecule has 0 aromatic rings. The van der Waals surface area contributed by atoms with Crippen LogP contribution in [0.3, 0.4) is 0 Å². The van der Waals surface area contributed by atoms with Gasteiger partial charge in [0.05, 0.1) is 6.61 Å². The van der Waals surface area contributed by atoms with Crippen molar-refractivity contribution >= 4 is 18.2 Å². The summed E-state index contributed by atoms with van der Waals surface area (Å²) in [5, 5.41) is 2.84. The molecule has 1 fully saturated rings. The van der Waals surface area contributed by atoms with Gasteiger partial charge in [0.15, 0.2) is 0 Å². The van der Waals surface area contributed by atoms with Crippen molar-refractivity contribution in [1.29, 1.82) is 0 Å². The van der Waals surface area contributed by atoms with Crippen LogP contribution in [0.15, 0.2) is 5.57 Å². The minimum atomic E-state index is -0.591. The van der Waals surface area contributed by atoms with E-state index < -0.39 is 17.9 Å². The maximum Gasteiger partial charge on any atom is 0.323 e. The third-order valence-electron chi connectivity index (χ3n) is 2.38. The lowest BCUT2D eigenvalue weighted by molar-refractivity contribution is -0.146. The van der Waals surface area contributed by atoms with Crippen LogP contribution in [0, 0.1) is 5.92 Å². The number of nitrogens with one attached hydrogen (secondary N) is 1. The first-order valence-corrected chi connectivity index (χ1v) is 4.82. The molecule has 0 saturated carbocycles. The molecule has 0 aromatic carbocycles. The average molecular weight is 211 g/mol. The van der Waals surface area contributed by atoms with E-state index in [2.05, 4.69) is 5.32 Å². The normalized spacial score (nSPS) is 24.7. The van der Waals surface area contributed by atoms with E-state index in [-0.39, 0.29) is 13.0 Å². The van der Waals surface area contributed by atoms with Crippen LogP contribution in [0.2, 0.25) is 0 Å². The number of hydrogen-bond donors (Lipinski definition) is 1. The lowest BCUT2D eigenvalue weighted by Crippen LogP contribution is -2.37. The zero-order chi connectivity index (χ0) is 11.3. The van der Waals surface area contributed by atoms with Crippen molar-refractivity contribution in [2.75, 3.05) is 13.2 Å². The molecule has 0 bridgehead atoms. The molecular weight excluding hydrogens is 198 g/mol. The molecule has 5 nitrogen and oxygen atoms in total. The molecule has 5 heteroatoms. The van der Waals surface area contributed by atoms with Crippen LogP contribution in [0.1, 0.15) is 13.3 Å². The van der Waals surface area contributed by atoms with Gasteiger partial charge in [0.2, 0.25) is 0 Å². The lowest BCUT2D eigenvalue weighted by Gasteiger charge is -2.15. The SMILES string of the molecule is CCOC(=O)C1NCC(=C=O)C1CC=O. The summed E-state index contributed by atoms with van der Waals surface area (Å²) in [5.41, 5.74) is 0.431. The van der Waals surface area contributed by atoms with Crippen molar-refractivity contribution in [3.63, 3.8) is 0 Å². The van der Waals surface area contributed by atoms with Crippen LogP contribution in [0.4, 0.5) is 0 Å². The van der Waals surface area contributed by atoms with E-state index in [0.717, 1.165) is 0 Å². The Hall–Kier alpha value is -1.45. The van der Waals surface area contributed by atoms with Gasteiger partial charge in [0, 0.05) is 24.5 Å². The third kappa shape index (κ3) is 2.52. The van der Waals surface area contributed by atoms with Gasteiger partial charge in [0.1, 0.15) is 18.3 Å². The Balaban J connectivity index is 2.76. The molecule has 0 aromatic heterocycles. The Labute approximate surface area is 87.5 Å². The minimum absolute atomic E-state index is 0.140. The molecular formula is C10H13NO4. The summed E-state index contributed by atoms with van der Waals surface area (Å²) in [6.07, 6.45) is 0.836. The van der Waals surface area contributed by atoms with Gasteiger partial charge in [-0.15, -0.1) is 0 Å². The molecule has 1 aliphatic heterocycles. The van der Waals surface area contributed by atoms with E-state index in [9.17, 15) is 14.4 Å². The highest BCUT2D eigenvalue weighted by atomic mass is 16.5. The van der Waals surface area contributed by atoms with E-state index in [4.69, 9.17) is 4.74 Å². The van der Waals surface area contributed by atoms with E-state index >= 15 is 0 Å². The predicted octanol–water partition coefficient (Wildman–Crippen LogP) is -0.516. The number of rotatable bonds is 4. The Bertz CT molecular complexity index is 307. The topological polar surface area (TPSA) is 72.5 Å². The summed E-state index contributed by atoms with van der Waals surface area (Å²) in [4.78, 5) is 32.4. The van der Waals surface area contributed by atoms with Gasteiger partial charge in [-0.1, -0.05) is 0 Å². The maximum atomic E-state index is 11.4. The van der Waals surface area contributed by atoms with E-state index in [1.807, 2.05) is 0 Å². The molecule has 0 spiro atoms. The molecule has 1 heterocycles. The van der Waals surface area contributed by atoms with Crippen molar-refractivity contribution in [3.8, 4) is 0 Å². The van der Waals surface area contributed by atoms with Gasteiger partial charge in [0.25, 0.3) is 0 Å². The zero-order valence-corrected chi connectivity index (χ0v) is 8.49. The van der Waals surface area contributed by atoms with E-state index in [0.29, 0.717) is 18.4 Å². The van der Waals surface area contributed by atoms with Crippen molar-refractivity contribution in [3.05, 3.63) is 5.57 Å². The highest BCUT2D eigenvalue weighted by Gasteiger charge is 2.37. The number of hydrogen-bond acceptors (Lipinski definition) is 5. The highest BCUT2D eigenvalue weighted by Crippen LogP contribution is 2.23. The van der Waals surface area contributed by atoms with Gasteiger partial charge in [-0.3, -0.25) is 10.1 Å². The first-order valence-electron chi connectivity index (χ1n) is 4.82. The Morgan fingerprint density at radius 1 is 1.73 bits per heavy atom. The van der Waals surface area contributed by atoms with Crippen LogP contribution in [-0.2, 0) is 19.1 Å². The van der Waals surface area contributed by atoms with Gasteiger partial charge in [-0.05, 0) is 6.92 Å². The van der Waals surface area contributed by atoms with Crippen LogP contribution < -0.4 is 5.32 Å². The Kier molecular flexibility index (Phi) is 4.21. The van der Waals surface area contributed by atoms with Crippen LogP contribution >= 0.6 is 0 Å². The molecule has 1 aliphatic rings. The maximum absolute atomic E-state index is 11.4. The van der Waals surface area contributed by atoms with Crippen molar-refractivity contribution in [2.45, 2.75) is 19.4 Å². The first-order chi connectivity index (χ1) is 7.24. The van der Waals surface area contributed by atoms with Crippen LogP contribution in [0.5, 0.6) is 0 Å². The Morgan fingerprint density at radius 2 is 2.47 bits per heavy atom. The summed E-state index contributed by atoms with van der Waals surface area (Å²) in [6, 6.07) is -0.591. The highest BCUT2D eigenvalue weighted by molar-refractivity contribution is 5.79. The molecule has 0 radical (unpaired) electrons. The molecule has 2 atom stereocenters. The molecule has 15 heavy (non-hydrogen) atoms. The van der Waals surface area contributed by atoms with Gasteiger partial charge in [-0.25, -0.2) is 4.79 Å². The van der Waals surface area contributed by atoms with Gasteiger partial charge in [-0.2, -0.15) is 0 Å². The Morgan fingerprint density at radius 3 is 3.00 bits per heavy atom.